The van der Waals surface area contributed by atoms with Crippen molar-refractivity contribution in [2.45, 2.75) is 44.6 Å². The van der Waals surface area contributed by atoms with E-state index in [2.05, 4.69) is 6.92 Å². The predicted molar refractivity (Wildman–Crippen MR) is 66.2 cm³/mol. The number of anilines is 1. The van der Waals surface area contributed by atoms with E-state index in [0.29, 0.717) is 22.7 Å². The van der Waals surface area contributed by atoms with Crippen molar-refractivity contribution in [1.82, 2.24) is 0 Å². The Bertz CT molecular complexity index is 444. The number of hydrogen-bond acceptors (Lipinski definition) is 2. The van der Waals surface area contributed by atoms with E-state index in [1.807, 2.05) is 6.07 Å². The molecule has 1 aliphatic heterocycles. The Balaban J connectivity index is 2.12. The second-order valence-corrected chi connectivity index (χ2v) is 5.24. The largest absolute Gasteiger partial charge is 0.489 e. The number of rotatable bonds is 0. The van der Waals surface area contributed by atoms with Crippen molar-refractivity contribution in [2.75, 3.05) is 5.73 Å². The Morgan fingerprint density at radius 1 is 1.38 bits per heavy atom. The summed E-state index contributed by atoms with van der Waals surface area (Å²) in [5.41, 5.74) is 8.93. The molecule has 1 saturated carbocycles. The van der Waals surface area contributed by atoms with Gasteiger partial charge in [0, 0.05) is 17.5 Å². The molecule has 0 radical (unpaired) electrons. The monoisotopic (exact) mass is 237 g/mol. The molecular weight excluding hydrogens is 222 g/mol. The molecule has 3 heteroatoms. The maximum Gasteiger partial charge on any atom is 0.125 e. The fourth-order valence-electron chi connectivity index (χ4n) is 3.09. The summed E-state index contributed by atoms with van der Waals surface area (Å²) in [4.78, 5) is 0. The second-order valence-electron chi connectivity index (χ2n) is 4.86. The number of nitrogens with two attached hydrogens (primary N) is 1. The first-order valence-electron chi connectivity index (χ1n) is 5.93. The zero-order valence-electron chi connectivity index (χ0n) is 9.42. The molecule has 16 heavy (non-hydrogen) atoms. The van der Waals surface area contributed by atoms with Crippen LogP contribution in [0.1, 0.15) is 42.7 Å². The first-order valence-corrected chi connectivity index (χ1v) is 6.31. The smallest absolute Gasteiger partial charge is 0.125 e. The fraction of sp³-hybridized carbons (Fsp3) is 0.538. The average molecular weight is 238 g/mol. The lowest BCUT2D eigenvalue weighted by Crippen LogP contribution is -2.22. The summed E-state index contributed by atoms with van der Waals surface area (Å²) in [6, 6.07) is 1.89. The lowest BCUT2D eigenvalue weighted by Gasteiger charge is -2.24. The van der Waals surface area contributed by atoms with Crippen molar-refractivity contribution in [3.8, 4) is 5.75 Å². The van der Waals surface area contributed by atoms with Gasteiger partial charge in [-0.3, -0.25) is 0 Å². The zero-order valence-corrected chi connectivity index (χ0v) is 10.2. The van der Waals surface area contributed by atoms with Gasteiger partial charge in [0.25, 0.3) is 0 Å². The minimum atomic E-state index is 0.361. The van der Waals surface area contributed by atoms with E-state index in [1.54, 1.807) is 0 Å². The lowest BCUT2D eigenvalue weighted by molar-refractivity contribution is 0.164. The fourth-order valence-corrected chi connectivity index (χ4v) is 3.25. The summed E-state index contributed by atoms with van der Waals surface area (Å²) in [7, 11) is 0. The molecule has 1 aromatic rings. The maximum atomic E-state index is 6.21. The molecule has 1 aliphatic carbocycles. The predicted octanol–water partition coefficient (Wildman–Crippen LogP) is 3.65. The van der Waals surface area contributed by atoms with Gasteiger partial charge >= 0.3 is 0 Å². The molecule has 2 atom stereocenters. The van der Waals surface area contributed by atoms with Crippen molar-refractivity contribution in [3.05, 3.63) is 22.2 Å². The van der Waals surface area contributed by atoms with E-state index in [0.717, 1.165) is 17.7 Å². The van der Waals surface area contributed by atoms with Crippen LogP contribution >= 0.6 is 11.6 Å². The van der Waals surface area contributed by atoms with E-state index in [1.165, 1.54) is 24.8 Å². The highest BCUT2D eigenvalue weighted by atomic mass is 35.5. The van der Waals surface area contributed by atoms with E-state index in [4.69, 9.17) is 22.1 Å². The van der Waals surface area contributed by atoms with Gasteiger partial charge < -0.3 is 10.5 Å². The third kappa shape index (κ3) is 1.32. The molecule has 0 aromatic heterocycles. The Labute approximate surface area is 101 Å². The molecule has 1 aromatic carbocycles. The maximum absolute atomic E-state index is 6.21. The van der Waals surface area contributed by atoms with Gasteiger partial charge in [0.05, 0.1) is 10.7 Å². The van der Waals surface area contributed by atoms with Gasteiger partial charge in [-0.05, 0) is 31.7 Å². The molecular formula is C13H16ClNO. The van der Waals surface area contributed by atoms with Crippen molar-refractivity contribution >= 4 is 17.3 Å². The van der Waals surface area contributed by atoms with Crippen LogP contribution in [-0.2, 0) is 0 Å². The Morgan fingerprint density at radius 3 is 2.94 bits per heavy atom. The van der Waals surface area contributed by atoms with Gasteiger partial charge in [0.1, 0.15) is 11.9 Å². The van der Waals surface area contributed by atoms with E-state index < -0.39 is 0 Å². The molecule has 0 saturated heterocycles. The van der Waals surface area contributed by atoms with Crippen LogP contribution in [0.5, 0.6) is 5.75 Å². The minimum absolute atomic E-state index is 0.361. The standard InChI is InChI=1S/C13H16ClNO/c1-7-12-8-4-2-3-5-10(8)16-11(12)6-9(15)13(7)14/h6,8,10H,2-5,15H2,1H3. The van der Waals surface area contributed by atoms with Gasteiger partial charge in [0.2, 0.25) is 0 Å². The third-order valence-corrected chi connectivity index (χ3v) is 4.39. The Morgan fingerprint density at radius 2 is 2.12 bits per heavy atom. The Kier molecular flexibility index (Phi) is 2.28. The van der Waals surface area contributed by atoms with Crippen LogP contribution in [0.2, 0.25) is 5.02 Å². The van der Waals surface area contributed by atoms with Gasteiger partial charge in [-0.25, -0.2) is 0 Å². The second kappa shape index (κ2) is 3.56. The molecule has 0 amide bonds. The number of fused-ring (bicyclic) bond motifs is 3. The van der Waals surface area contributed by atoms with Crippen LogP contribution in [-0.4, -0.2) is 6.10 Å². The molecule has 2 unspecified atom stereocenters. The van der Waals surface area contributed by atoms with Crippen LogP contribution < -0.4 is 10.5 Å². The topological polar surface area (TPSA) is 35.2 Å². The van der Waals surface area contributed by atoms with Crippen molar-refractivity contribution in [1.29, 1.82) is 0 Å². The molecule has 0 bridgehead atoms. The lowest BCUT2D eigenvalue weighted by atomic mass is 9.81. The van der Waals surface area contributed by atoms with Crippen LogP contribution in [0.4, 0.5) is 5.69 Å². The zero-order chi connectivity index (χ0) is 11.3. The van der Waals surface area contributed by atoms with Gasteiger partial charge in [-0.15, -0.1) is 0 Å². The normalized spacial score (nSPS) is 27.1. The van der Waals surface area contributed by atoms with Crippen molar-refractivity contribution in [2.24, 2.45) is 0 Å². The summed E-state index contributed by atoms with van der Waals surface area (Å²) in [6.45, 7) is 2.05. The van der Waals surface area contributed by atoms with Crippen molar-refractivity contribution in [3.63, 3.8) is 0 Å². The summed E-state index contributed by atoms with van der Waals surface area (Å²) in [6.07, 6.45) is 5.32. The highest BCUT2D eigenvalue weighted by Gasteiger charge is 2.38. The van der Waals surface area contributed by atoms with Crippen LogP contribution in [0.15, 0.2) is 6.07 Å². The highest BCUT2D eigenvalue weighted by molar-refractivity contribution is 6.34. The number of nitrogen functional groups attached to an aromatic ring is 1. The molecule has 3 rings (SSSR count). The molecule has 2 nitrogen and oxygen atoms in total. The van der Waals surface area contributed by atoms with Gasteiger partial charge in [-0.1, -0.05) is 18.0 Å². The molecule has 2 aliphatic rings. The summed E-state index contributed by atoms with van der Waals surface area (Å²) < 4.78 is 5.99. The Hall–Kier alpha value is -0.890. The summed E-state index contributed by atoms with van der Waals surface area (Å²) in [5, 5.41) is 0.702. The summed E-state index contributed by atoms with van der Waals surface area (Å²) in [5.74, 6) is 1.51. The minimum Gasteiger partial charge on any atom is -0.489 e. The molecule has 0 spiro atoms. The van der Waals surface area contributed by atoms with Crippen molar-refractivity contribution < 1.29 is 4.74 Å². The molecule has 86 valence electrons. The first-order chi connectivity index (χ1) is 7.68. The highest BCUT2D eigenvalue weighted by Crippen LogP contribution is 2.49. The van der Waals surface area contributed by atoms with E-state index in [-0.39, 0.29) is 0 Å². The first kappa shape index (κ1) is 10.3. The number of halogens is 1. The van der Waals surface area contributed by atoms with E-state index in [9.17, 15) is 0 Å². The summed E-state index contributed by atoms with van der Waals surface area (Å²) >= 11 is 6.21. The molecule has 1 fully saturated rings. The third-order valence-electron chi connectivity index (χ3n) is 3.89. The SMILES string of the molecule is Cc1c(Cl)c(N)cc2c1C1CCCCC1O2. The number of benzene rings is 1. The average Bonchev–Trinajstić information content (AvgIpc) is 2.64. The molecule has 1 heterocycles. The van der Waals surface area contributed by atoms with Gasteiger partial charge in [-0.2, -0.15) is 0 Å². The number of hydrogen-bond donors (Lipinski definition) is 1. The quantitative estimate of drug-likeness (QED) is 0.699. The van der Waals surface area contributed by atoms with E-state index >= 15 is 0 Å². The number of ether oxygens (including phenoxy) is 1. The van der Waals surface area contributed by atoms with Crippen LogP contribution in [0.25, 0.3) is 0 Å². The van der Waals surface area contributed by atoms with Crippen LogP contribution in [0, 0.1) is 6.92 Å². The van der Waals surface area contributed by atoms with Gasteiger partial charge in [0.15, 0.2) is 0 Å². The van der Waals surface area contributed by atoms with Crippen LogP contribution in [0.3, 0.4) is 0 Å². The molecule has 2 N–H and O–H groups in total.